The second kappa shape index (κ2) is 6.75. The van der Waals surface area contributed by atoms with Crippen molar-refractivity contribution in [2.45, 2.75) is 20.0 Å². The number of hydrogen-bond acceptors (Lipinski definition) is 3. The first-order valence-electron chi connectivity index (χ1n) is 6.14. The second-order valence-corrected chi connectivity index (χ2v) is 4.86. The van der Waals surface area contributed by atoms with E-state index in [0.717, 1.165) is 12.6 Å². The summed E-state index contributed by atoms with van der Waals surface area (Å²) in [5.41, 5.74) is -0.930. The molecule has 0 unspecified atom stereocenters. The number of halogens is 3. The molecular formula is C13H19F3N2O. The Hall–Kier alpha value is -1.30. The lowest BCUT2D eigenvalue weighted by Gasteiger charge is -2.18. The van der Waals surface area contributed by atoms with E-state index in [2.05, 4.69) is 23.7 Å². The highest BCUT2D eigenvalue weighted by molar-refractivity contribution is 5.17. The molecule has 3 nitrogen and oxygen atoms in total. The first-order chi connectivity index (χ1) is 8.79. The van der Waals surface area contributed by atoms with Crippen molar-refractivity contribution in [3.8, 4) is 5.88 Å². The van der Waals surface area contributed by atoms with Gasteiger partial charge < -0.3 is 9.64 Å². The molecule has 0 saturated carbocycles. The maximum Gasteiger partial charge on any atom is 0.433 e. The molecule has 1 rings (SSSR count). The summed E-state index contributed by atoms with van der Waals surface area (Å²) in [6.45, 7) is 6.09. The number of aromatic nitrogens is 1. The van der Waals surface area contributed by atoms with E-state index in [1.165, 1.54) is 12.1 Å². The van der Waals surface area contributed by atoms with Crippen molar-refractivity contribution in [3.05, 3.63) is 23.9 Å². The van der Waals surface area contributed by atoms with Gasteiger partial charge in [0.15, 0.2) is 0 Å². The number of alkyl halides is 3. The molecule has 0 atom stereocenters. The maximum atomic E-state index is 12.4. The van der Waals surface area contributed by atoms with Crippen molar-refractivity contribution in [1.29, 1.82) is 0 Å². The Morgan fingerprint density at radius 3 is 2.58 bits per heavy atom. The Bertz CT molecular complexity index is 394. The third kappa shape index (κ3) is 5.92. The van der Waals surface area contributed by atoms with Crippen LogP contribution in [0.5, 0.6) is 5.88 Å². The van der Waals surface area contributed by atoms with E-state index >= 15 is 0 Å². The average molecular weight is 276 g/mol. The molecule has 1 heterocycles. The molecule has 108 valence electrons. The summed E-state index contributed by atoms with van der Waals surface area (Å²) in [7, 11) is 1.95. The van der Waals surface area contributed by atoms with Crippen molar-refractivity contribution >= 4 is 0 Å². The van der Waals surface area contributed by atoms with Crippen molar-refractivity contribution < 1.29 is 17.9 Å². The molecule has 19 heavy (non-hydrogen) atoms. The predicted molar refractivity (Wildman–Crippen MR) is 67.1 cm³/mol. The van der Waals surface area contributed by atoms with Gasteiger partial charge in [-0.05, 0) is 19.0 Å². The highest BCUT2D eigenvalue weighted by Gasteiger charge is 2.32. The van der Waals surface area contributed by atoms with Crippen LogP contribution in [-0.2, 0) is 6.18 Å². The summed E-state index contributed by atoms with van der Waals surface area (Å²) in [6, 6.07) is 3.65. The third-order valence-corrected chi connectivity index (χ3v) is 2.41. The van der Waals surface area contributed by atoms with Crippen LogP contribution in [0.2, 0.25) is 0 Å². The molecule has 0 spiro atoms. The minimum atomic E-state index is -4.44. The van der Waals surface area contributed by atoms with Gasteiger partial charge in [0.05, 0.1) is 0 Å². The van der Waals surface area contributed by atoms with Crippen LogP contribution < -0.4 is 4.74 Å². The standard InChI is InChI=1S/C13H19F3N2O/c1-10(2)9-18(3)7-8-19-12-6-4-5-11(17-12)13(14,15)16/h4-6,10H,7-9H2,1-3H3. The Kier molecular flexibility index (Phi) is 5.60. The van der Waals surface area contributed by atoms with Crippen LogP contribution in [0.3, 0.4) is 0 Å². The lowest BCUT2D eigenvalue weighted by Crippen LogP contribution is -2.28. The van der Waals surface area contributed by atoms with Gasteiger partial charge in [-0.2, -0.15) is 13.2 Å². The molecule has 0 aliphatic heterocycles. The number of rotatable bonds is 6. The number of nitrogens with zero attached hydrogens (tertiary/aromatic N) is 2. The van der Waals surface area contributed by atoms with E-state index < -0.39 is 11.9 Å². The first kappa shape index (κ1) is 15.8. The molecule has 0 aliphatic rings. The van der Waals surface area contributed by atoms with Gasteiger partial charge in [0, 0.05) is 19.2 Å². The van der Waals surface area contributed by atoms with Crippen LogP contribution in [0.1, 0.15) is 19.5 Å². The van der Waals surface area contributed by atoms with Crippen LogP contribution >= 0.6 is 0 Å². The molecule has 0 aromatic carbocycles. The van der Waals surface area contributed by atoms with Crippen LogP contribution in [0, 0.1) is 5.92 Å². The highest BCUT2D eigenvalue weighted by atomic mass is 19.4. The zero-order chi connectivity index (χ0) is 14.5. The Labute approximate surface area is 111 Å². The normalized spacial score (nSPS) is 12.2. The Balaban J connectivity index is 2.46. The molecule has 0 fully saturated rings. The average Bonchev–Trinajstić information content (AvgIpc) is 2.27. The SMILES string of the molecule is CC(C)CN(C)CCOc1cccc(C(F)(F)F)n1. The van der Waals surface area contributed by atoms with E-state index in [4.69, 9.17) is 4.74 Å². The predicted octanol–water partition coefficient (Wildman–Crippen LogP) is 3.07. The molecule has 1 aromatic rings. The van der Waals surface area contributed by atoms with Gasteiger partial charge in [0.2, 0.25) is 5.88 Å². The molecular weight excluding hydrogens is 257 g/mol. The monoisotopic (exact) mass is 276 g/mol. The molecule has 0 bridgehead atoms. The van der Waals surface area contributed by atoms with Gasteiger partial charge >= 0.3 is 6.18 Å². The fourth-order valence-corrected chi connectivity index (χ4v) is 1.67. The van der Waals surface area contributed by atoms with E-state index in [0.29, 0.717) is 19.1 Å². The lowest BCUT2D eigenvalue weighted by molar-refractivity contribution is -0.141. The van der Waals surface area contributed by atoms with Crippen molar-refractivity contribution in [1.82, 2.24) is 9.88 Å². The summed E-state index contributed by atoms with van der Waals surface area (Å²) in [4.78, 5) is 5.50. The summed E-state index contributed by atoms with van der Waals surface area (Å²) in [5, 5.41) is 0. The number of pyridine rings is 1. The number of ether oxygens (including phenoxy) is 1. The Morgan fingerprint density at radius 1 is 1.32 bits per heavy atom. The zero-order valence-electron chi connectivity index (χ0n) is 11.4. The largest absolute Gasteiger partial charge is 0.476 e. The molecule has 0 radical (unpaired) electrons. The Morgan fingerprint density at radius 2 is 2.00 bits per heavy atom. The van der Waals surface area contributed by atoms with Gasteiger partial charge in [-0.15, -0.1) is 0 Å². The van der Waals surface area contributed by atoms with E-state index in [1.54, 1.807) is 0 Å². The van der Waals surface area contributed by atoms with E-state index in [1.807, 2.05) is 7.05 Å². The topological polar surface area (TPSA) is 25.4 Å². The van der Waals surface area contributed by atoms with Gasteiger partial charge in [-0.1, -0.05) is 19.9 Å². The molecule has 0 amide bonds. The molecule has 0 saturated heterocycles. The molecule has 0 N–H and O–H groups in total. The van der Waals surface area contributed by atoms with Crippen molar-refractivity contribution in [2.75, 3.05) is 26.7 Å². The fourth-order valence-electron chi connectivity index (χ4n) is 1.67. The van der Waals surface area contributed by atoms with Gasteiger partial charge in [0.25, 0.3) is 0 Å². The van der Waals surface area contributed by atoms with Crippen LogP contribution in [0.25, 0.3) is 0 Å². The van der Waals surface area contributed by atoms with E-state index in [9.17, 15) is 13.2 Å². The minimum absolute atomic E-state index is 0.00720. The minimum Gasteiger partial charge on any atom is -0.476 e. The molecule has 1 aromatic heterocycles. The summed E-state index contributed by atoms with van der Waals surface area (Å²) in [6.07, 6.45) is -4.44. The van der Waals surface area contributed by atoms with Gasteiger partial charge in [-0.3, -0.25) is 0 Å². The van der Waals surface area contributed by atoms with Crippen LogP contribution in [0.15, 0.2) is 18.2 Å². The summed E-state index contributed by atoms with van der Waals surface area (Å²) in [5.74, 6) is 0.546. The smallest absolute Gasteiger partial charge is 0.433 e. The fraction of sp³-hybridized carbons (Fsp3) is 0.615. The third-order valence-electron chi connectivity index (χ3n) is 2.41. The molecule has 6 heteroatoms. The molecule has 0 aliphatic carbocycles. The quantitative estimate of drug-likeness (QED) is 0.798. The highest BCUT2D eigenvalue weighted by Crippen LogP contribution is 2.28. The van der Waals surface area contributed by atoms with Gasteiger partial charge in [-0.25, -0.2) is 4.98 Å². The van der Waals surface area contributed by atoms with Crippen molar-refractivity contribution in [3.63, 3.8) is 0 Å². The van der Waals surface area contributed by atoms with Crippen molar-refractivity contribution in [2.24, 2.45) is 5.92 Å². The second-order valence-electron chi connectivity index (χ2n) is 4.86. The maximum absolute atomic E-state index is 12.4. The summed E-state index contributed by atoms with van der Waals surface area (Å²) < 4.78 is 42.5. The van der Waals surface area contributed by atoms with E-state index in [-0.39, 0.29) is 5.88 Å². The van der Waals surface area contributed by atoms with Crippen LogP contribution in [-0.4, -0.2) is 36.6 Å². The first-order valence-corrected chi connectivity index (χ1v) is 6.14. The van der Waals surface area contributed by atoms with Crippen LogP contribution in [0.4, 0.5) is 13.2 Å². The lowest BCUT2D eigenvalue weighted by atomic mass is 10.2. The zero-order valence-corrected chi connectivity index (χ0v) is 11.4. The number of likely N-dealkylation sites (N-methyl/N-ethyl adjacent to an activating group) is 1. The van der Waals surface area contributed by atoms with Gasteiger partial charge in [0.1, 0.15) is 12.3 Å². The number of hydrogen-bond donors (Lipinski definition) is 0. The summed E-state index contributed by atoms with van der Waals surface area (Å²) >= 11 is 0.